The van der Waals surface area contributed by atoms with Gasteiger partial charge in [0.15, 0.2) is 17.0 Å². The van der Waals surface area contributed by atoms with E-state index in [9.17, 15) is 24.3 Å². The van der Waals surface area contributed by atoms with Gasteiger partial charge in [0.05, 0.1) is 18.8 Å². The molecule has 0 spiro atoms. The van der Waals surface area contributed by atoms with Gasteiger partial charge in [0, 0.05) is 31.8 Å². The first-order valence-electron chi connectivity index (χ1n) is 13.4. The van der Waals surface area contributed by atoms with Crippen LogP contribution in [0.4, 0.5) is 10.6 Å². The average molecular weight is 559 g/mol. The summed E-state index contributed by atoms with van der Waals surface area (Å²) in [5.41, 5.74) is -2.23. The molecule has 3 N–H and O–H groups in total. The van der Waals surface area contributed by atoms with Crippen LogP contribution < -0.4 is 16.2 Å². The third kappa shape index (κ3) is 6.82. The number of nitrogens with zero attached hydrogens (tertiary/aromatic N) is 4. The topological polar surface area (TPSA) is 157 Å². The van der Waals surface area contributed by atoms with Gasteiger partial charge in [0.25, 0.3) is 11.5 Å². The SMILES string of the molecule is CC(C)(C)Cn1c(O)c(C(=O)NC2CC2)c(=O)n2nc(NC(=O)OC(C)(C)C)c(/C=C/C(=O)N3CCOCC3)c12. The molecule has 2 aromatic heterocycles. The Morgan fingerprint density at radius 3 is 2.35 bits per heavy atom. The number of carbonyl (C=O) groups is 3. The lowest BCUT2D eigenvalue weighted by Gasteiger charge is -2.25. The van der Waals surface area contributed by atoms with E-state index in [1.54, 1.807) is 25.7 Å². The maximum absolute atomic E-state index is 13.6. The lowest BCUT2D eigenvalue weighted by Crippen LogP contribution is -2.39. The first-order chi connectivity index (χ1) is 18.6. The zero-order chi connectivity index (χ0) is 29.4. The molecule has 13 nitrogen and oxygen atoms in total. The molecule has 0 aromatic carbocycles. The van der Waals surface area contributed by atoms with Crippen molar-refractivity contribution in [3.05, 3.63) is 27.6 Å². The second-order valence-electron chi connectivity index (χ2n) is 12.3. The summed E-state index contributed by atoms with van der Waals surface area (Å²) < 4.78 is 13.1. The summed E-state index contributed by atoms with van der Waals surface area (Å²) in [4.78, 5) is 53.9. The van der Waals surface area contributed by atoms with Crippen LogP contribution in [-0.2, 0) is 20.8 Å². The monoisotopic (exact) mass is 558 g/mol. The van der Waals surface area contributed by atoms with Crippen molar-refractivity contribution in [1.29, 1.82) is 0 Å². The second-order valence-corrected chi connectivity index (χ2v) is 12.3. The molecule has 0 atom stereocenters. The molecule has 1 saturated heterocycles. The minimum atomic E-state index is -0.859. The predicted octanol–water partition coefficient (Wildman–Crippen LogP) is 2.36. The van der Waals surface area contributed by atoms with Crippen LogP contribution in [0.25, 0.3) is 11.7 Å². The molecule has 13 heteroatoms. The molecule has 1 aliphatic carbocycles. The quantitative estimate of drug-likeness (QED) is 0.456. The standard InChI is InChI=1S/C27H38N6O7/c1-26(2,3)15-32-22-17(9-10-18(34)31-11-13-39-14-12-31)20(29-25(38)40-27(4,5)6)30-33(22)24(37)19(23(32)36)21(35)28-16-7-8-16/h9-10,16,36H,7-8,11-15H2,1-6H3,(H,28,35)(H,29,30,38)/b10-9+. The summed E-state index contributed by atoms with van der Waals surface area (Å²) in [7, 11) is 0. The van der Waals surface area contributed by atoms with Crippen molar-refractivity contribution in [1.82, 2.24) is 24.4 Å². The fourth-order valence-electron chi connectivity index (χ4n) is 4.26. The maximum atomic E-state index is 13.6. The average Bonchev–Trinajstić information content (AvgIpc) is 3.58. The maximum Gasteiger partial charge on any atom is 0.413 e. The normalized spacial score (nSPS) is 16.4. The van der Waals surface area contributed by atoms with E-state index in [0.29, 0.717) is 26.3 Å². The van der Waals surface area contributed by atoms with Gasteiger partial charge in [-0.25, -0.2) is 4.79 Å². The minimum absolute atomic E-state index is 0.0511. The molecule has 40 heavy (non-hydrogen) atoms. The molecule has 2 aliphatic rings. The third-order valence-corrected chi connectivity index (χ3v) is 6.14. The highest BCUT2D eigenvalue weighted by Gasteiger charge is 2.32. The molecule has 3 heterocycles. The van der Waals surface area contributed by atoms with Crippen molar-refractivity contribution >= 4 is 35.4 Å². The first kappa shape index (κ1) is 29.1. The summed E-state index contributed by atoms with van der Waals surface area (Å²) in [6.45, 7) is 12.8. The van der Waals surface area contributed by atoms with Gasteiger partial charge in [-0.2, -0.15) is 4.52 Å². The van der Waals surface area contributed by atoms with Gasteiger partial charge in [-0.3, -0.25) is 24.3 Å². The number of aromatic hydroxyl groups is 1. The van der Waals surface area contributed by atoms with E-state index >= 15 is 0 Å². The van der Waals surface area contributed by atoms with Gasteiger partial charge < -0.3 is 24.8 Å². The van der Waals surface area contributed by atoms with Crippen molar-refractivity contribution in [2.75, 3.05) is 31.6 Å². The largest absolute Gasteiger partial charge is 0.494 e. The van der Waals surface area contributed by atoms with Gasteiger partial charge in [-0.05, 0) is 45.1 Å². The lowest BCUT2D eigenvalue weighted by atomic mass is 9.96. The Labute approximate surface area is 232 Å². The lowest BCUT2D eigenvalue weighted by molar-refractivity contribution is -0.129. The Hall–Kier alpha value is -3.87. The fourth-order valence-corrected chi connectivity index (χ4v) is 4.26. The Morgan fingerprint density at radius 2 is 1.77 bits per heavy atom. The molecule has 2 aromatic rings. The summed E-state index contributed by atoms with van der Waals surface area (Å²) >= 11 is 0. The van der Waals surface area contributed by atoms with Gasteiger partial charge >= 0.3 is 6.09 Å². The zero-order valence-electron chi connectivity index (χ0n) is 23.9. The van der Waals surface area contributed by atoms with Gasteiger partial charge in [0.2, 0.25) is 11.8 Å². The number of amides is 3. The Bertz CT molecular complexity index is 1400. The first-order valence-corrected chi connectivity index (χ1v) is 13.4. The van der Waals surface area contributed by atoms with E-state index in [1.807, 2.05) is 20.8 Å². The van der Waals surface area contributed by atoms with Crippen molar-refractivity contribution < 1.29 is 29.0 Å². The molecular weight excluding hydrogens is 520 g/mol. The number of hydrogen-bond donors (Lipinski definition) is 3. The number of aromatic nitrogens is 3. The van der Waals surface area contributed by atoms with Crippen molar-refractivity contribution in [3.8, 4) is 5.88 Å². The van der Waals surface area contributed by atoms with E-state index in [-0.39, 0.29) is 35.5 Å². The summed E-state index contributed by atoms with van der Waals surface area (Å²) in [6, 6.07) is -0.0511. The van der Waals surface area contributed by atoms with Gasteiger partial charge in [-0.1, -0.05) is 20.8 Å². The smallest absolute Gasteiger partial charge is 0.413 e. The van der Waals surface area contributed by atoms with Crippen LogP contribution in [0.2, 0.25) is 0 Å². The van der Waals surface area contributed by atoms with Crippen LogP contribution in [-0.4, -0.2) is 80.0 Å². The minimum Gasteiger partial charge on any atom is -0.494 e. The van der Waals surface area contributed by atoms with Crippen molar-refractivity contribution in [2.45, 2.75) is 72.6 Å². The third-order valence-electron chi connectivity index (χ3n) is 6.14. The number of ether oxygens (including phenoxy) is 2. The summed E-state index contributed by atoms with van der Waals surface area (Å²) in [5.74, 6) is -1.59. The fraction of sp³-hybridized carbons (Fsp3) is 0.593. The molecule has 0 radical (unpaired) electrons. The Morgan fingerprint density at radius 1 is 1.12 bits per heavy atom. The van der Waals surface area contributed by atoms with E-state index in [2.05, 4.69) is 15.7 Å². The highest BCUT2D eigenvalue weighted by molar-refractivity contribution is 5.98. The van der Waals surface area contributed by atoms with Crippen LogP contribution in [0.3, 0.4) is 0 Å². The number of hydrogen-bond acceptors (Lipinski definition) is 8. The van der Waals surface area contributed by atoms with Crippen LogP contribution >= 0.6 is 0 Å². The Balaban J connectivity index is 1.90. The highest BCUT2D eigenvalue weighted by Crippen LogP contribution is 2.30. The van der Waals surface area contributed by atoms with Crippen LogP contribution in [0, 0.1) is 5.41 Å². The van der Waals surface area contributed by atoms with Crippen molar-refractivity contribution in [2.24, 2.45) is 5.41 Å². The predicted molar refractivity (Wildman–Crippen MR) is 147 cm³/mol. The number of morpholine rings is 1. The molecule has 0 bridgehead atoms. The molecule has 218 valence electrons. The number of nitrogens with one attached hydrogen (secondary N) is 2. The second kappa shape index (κ2) is 11.0. The van der Waals surface area contributed by atoms with E-state index < -0.39 is 40.0 Å². The number of anilines is 1. The van der Waals surface area contributed by atoms with Crippen LogP contribution in [0.15, 0.2) is 10.9 Å². The molecule has 3 amide bonds. The van der Waals surface area contributed by atoms with E-state index in [0.717, 1.165) is 17.4 Å². The van der Waals surface area contributed by atoms with E-state index in [1.165, 1.54) is 16.7 Å². The van der Waals surface area contributed by atoms with E-state index in [4.69, 9.17) is 9.47 Å². The summed E-state index contributed by atoms with van der Waals surface area (Å²) in [6.07, 6.45) is 3.52. The van der Waals surface area contributed by atoms with Crippen molar-refractivity contribution in [3.63, 3.8) is 0 Å². The molecule has 1 saturated carbocycles. The highest BCUT2D eigenvalue weighted by atomic mass is 16.6. The van der Waals surface area contributed by atoms with Gasteiger partial charge in [0.1, 0.15) is 5.60 Å². The van der Waals surface area contributed by atoms with Crippen LogP contribution in [0.1, 0.15) is 70.3 Å². The zero-order valence-corrected chi connectivity index (χ0v) is 23.9. The summed E-state index contributed by atoms with van der Waals surface area (Å²) in [5, 5.41) is 21.0. The number of fused-ring (bicyclic) bond motifs is 1. The molecule has 1 aliphatic heterocycles. The molecule has 4 rings (SSSR count). The number of carbonyl (C=O) groups excluding carboxylic acids is 3. The molecular formula is C27H38N6O7. The Kier molecular flexibility index (Phi) is 7.97. The van der Waals surface area contributed by atoms with Crippen LogP contribution in [0.5, 0.6) is 5.88 Å². The molecule has 0 unspecified atom stereocenters. The van der Waals surface area contributed by atoms with Gasteiger partial charge in [-0.15, -0.1) is 5.10 Å². The molecule has 2 fully saturated rings. The number of rotatable bonds is 6.